The van der Waals surface area contributed by atoms with E-state index >= 15 is 8.78 Å². The van der Waals surface area contributed by atoms with Crippen LogP contribution < -0.4 is 9.80 Å². The first-order chi connectivity index (χ1) is 24.9. The average Bonchev–Trinajstić information content (AvgIpc) is 3.08. The molecule has 0 N–H and O–H groups in total. The number of nitrogens with zero attached hydrogens (tertiary/aromatic N) is 4. The van der Waals surface area contributed by atoms with Crippen molar-refractivity contribution in [2.75, 3.05) is 9.80 Å². The summed E-state index contributed by atoms with van der Waals surface area (Å²) in [5.41, 5.74) is 2.91. The van der Waals surface area contributed by atoms with Gasteiger partial charge in [0.15, 0.2) is 0 Å². The Balaban J connectivity index is 0.00000561. The second kappa shape index (κ2) is 15.5. The molecule has 0 radical (unpaired) electrons. The van der Waals surface area contributed by atoms with E-state index < -0.39 is 39.8 Å². The minimum atomic E-state index is -0.997. The third-order valence-corrected chi connectivity index (χ3v) is 9.02. The van der Waals surface area contributed by atoms with Crippen LogP contribution in [0.3, 0.4) is 0 Å². The maximum atomic E-state index is 15.5. The molecule has 0 amide bonds. The van der Waals surface area contributed by atoms with Gasteiger partial charge in [0.05, 0.1) is 0 Å². The van der Waals surface area contributed by atoms with Gasteiger partial charge in [-0.15, -0.1) is 24.3 Å². The Morgan fingerprint density at radius 3 is 1.15 bits per heavy atom. The first-order valence-electron chi connectivity index (χ1n) is 17.4. The van der Waals surface area contributed by atoms with Crippen molar-refractivity contribution >= 4 is 22.7 Å². The quantitative estimate of drug-likeness (QED) is 0.113. The molecule has 0 atom stereocenters. The molecular formula is C45H42F4N4Pt. The van der Waals surface area contributed by atoms with Gasteiger partial charge in [-0.2, -0.15) is 0 Å². The van der Waals surface area contributed by atoms with E-state index in [4.69, 9.17) is 9.97 Å². The van der Waals surface area contributed by atoms with Crippen LogP contribution in [-0.2, 0) is 26.5 Å². The van der Waals surface area contributed by atoms with Gasteiger partial charge in [-0.25, -0.2) is 0 Å². The van der Waals surface area contributed by atoms with Gasteiger partial charge in [0.2, 0.25) is 0 Å². The van der Waals surface area contributed by atoms with Gasteiger partial charge in [-0.05, 0) is 103 Å². The summed E-state index contributed by atoms with van der Waals surface area (Å²) in [5.74, 6) is -3.09. The number of hydrogen-bond acceptors (Lipinski definition) is 4. The van der Waals surface area contributed by atoms with Gasteiger partial charge in [0.1, 0.15) is 0 Å². The third kappa shape index (κ3) is 8.44. The van der Waals surface area contributed by atoms with Gasteiger partial charge >= 0.3 is 21.1 Å². The molecule has 2 aromatic heterocycles. The zero-order valence-corrected chi connectivity index (χ0v) is 33.8. The number of rotatable bonds is 8. The maximum Gasteiger partial charge on any atom is 2.00 e. The van der Waals surface area contributed by atoms with Crippen LogP contribution in [0, 0.1) is 35.4 Å². The molecule has 9 heteroatoms. The first kappa shape index (κ1) is 40.4. The van der Waals surface area contributed by atoms with Crippen molar-refractivity contribution in [2.24, 2.45) is 0 Å². The van der Waals surface area contributed by atoms with Crippen molar-refractivity contribution in [3.05, 3.63) is 156 Å². The van der Waals surface area contributed by atoms with E-state index in [1.165, 1.54) is 0 Å². The Morgan fingerprint density at radius 2 is 0.833 bits per heavy atom. The van der Waals surface area contributed by atoms with Gasteiger partial charge in [-0.3, -0.25) is 17.6 Å². The van der Waals surface area contributed by atoms with E-state index in [0.717, 1.165) is 35.6 Å². The minimum Gasteiger partial charge on any atom is -0.337 e. The fraction of sp³-hybridized carbons (Fsp3) is 0.244. The molecule has 0 saturated carbocycles. The number of aromatic nitrogens is 2. The molecule has 0 bridgehead atoms. The molecule has 6 aromatic rings. The van der Waals surface area contributed by atoms with Crippen LogP contribution in [0.2, 0.25) is 0 Å². The molecule has 2 heterocycles. The van der Waals surface area contributed by atoms with Crippen LogP contribution in [0.4, 0.5) is 40.3 Å². The van der Waals surface area contributed by atoms with Crippen molar-refractivity contribution in [1.29, 1.82) is 0 Å². The minimum absolute atomic E-state index is 0. The van der Waals surface area contributed by atoms with Crippen LogP contribution in [-0.4, -0.2) is 21.0 Å². The monoisotopic (exact) mass is 909 g/mol. The predicted molar refractivity (Wildman–Crippen MR) is 206 cm³/mol. The smallest absolute Gasteiger partial charge is 0.337 e. The van der Waals surface area contributed by atoms with Crippen LogP contribution >= 0.6 is 0 Å². The third-order valence-electron chi connectivity index (χ3n) is 9.02. The Kier molecular flexibility index (Phi) is 11.6. The van der Waals surface area contributed by atoms with Crippen LogP contribution in [0.1, 0.15) is 66.8 Å². The molecule has 0 unspecified atom stereocenters. The average molecular weight is 910 g/mol. The number of halogens is 4. The summed E-state index contributed by atoms with van der Waals surface area (Å²) in [6, 6.07) is 36.4. The van der Waals surface area contributed by atoms with Crippen LogP contribution in [0.5, 0.6) is 0 Å². The number of benzene rings is 4. The molecule has 0 aliphatic rings. The fourth-order valence-corrected chi connectivity index (χ4v) is 6.60. The fourth-order valence-electron chi connectivity index (χ4n) is 6.60. The van der Waals surface area contributed by atoms with Crippen molar-refractivity contribution in [1.82, 2.24) is 9.97 Å². The SMILES string of the molecule is CC(C)(c1cc(N(c2ccccc2)C(C)(C)C)cc(-c2[c-]cc(F)cc2F)n1)c1cc(N(c2ccccc2)C(C)(C)C)cc(-c2[c-]cc(F)cc2F)n1.[Pt+2]. The van der Waals surface area contributed by atoms with E-state index in [1.807, 2.05) is 86.6 Å². The van der Waals surface area contributed by atoms with Crippen molar-refractivity contribution in [2.45, 2.75) is 71.9 Å². The number of anilines is 4. The number of pyridine rings is 2. The summed E-state index contributed by atoms with van der Waals surface area (Å²) in [6.45, 7) is 16.3. The zero-order chi connectivity index (χ0) is 38.3. The molecular weight excluding hydrogens is 868 g/mol. The molecule has 0 aliphatic carbocycles. The van der Waals surface area contributed by atoms with E-state index in [0.29, 0.717) is 22.8 Å². The Hall–Kier alpha value is -4.81. The molecule has 0 saturated heterocycles. The maximum absolute atomic E-state index is 15.5. The molecule has 4 aromatic carbocycles. The summed E-state index contributed by atoms with van der Waals surface area (Å²) in [4.78, 5) is 14.3. The molecule has 54 heavy (non-hydrogen) atoms. The van der Waals surface area contributed by atoms with Gasteiger partial charge in [0.25, 0.3) is 0 Å². The van der Waals surface area contributed by atoms with E-state index in [-0.39, 0.29) is 43.6 Å². The normalized spacial score (nSPS) is 11.9. The molecule has 0 aliphatic heterocycles. The first-order valence-corrected chi connectivity index (χ1v) is 17.4. The van der Waals surface area contributed by atoms with Crippen LogP contribution in [0.15, 0.2) is 109 Å². The second-order valence-corrected chi connectivity index (χ2v) is 15.6. The number of para-hydroxylation sites is 2. The second-order valence-electron chi connectivity index (χ2n) is 15.6. The standard InChI is InChI=1S/C45H42F4N4.Pt/c1-43(2,3)52(31-15-11-9-12-16-31)33-25-39(35-21-19-29(46)23-37(35)48)50-41(27-33)45(7,8)42-28-34(53(44(4,5)6)32-17-13-10-14-18-32)26-40(51-42)36-22-20-30(47)24-38(36)49;/h9-20,23-28H,1-8H3;/q-2;+2. The molecule has 6 rings (SSSR count). The van der Waals surface area contributed by atoms with E-state index in [1.54, 1.807) is 12.1 Å². The van der Waals surface area contributed by atoms with Gasteiger partial charge in [0, 0.05) is 73.9 Å². The summed E-state index contributed by atoms with van der Waals surface area (Å²) in [6.07, 6.45) is 0. The molecule has 280 valence electrons. The predicted octanol–water partition coefficient (Wildman–Crippen LogP) is 12.2. The summed E-state index contributed by atoms with van der Waals surface area (Å²) < 4.78 is 59.2. The van der Waals surface area contributed by atoms with Gasteiger partial charge < -0.3 is 19.8 Å². The van der Waals surface area contributed by atoms with Crippen molar-refractivity contribution in [3.8, 4) is 22.5 Å². The summed E-state index contributed by atoms with van der Waals surface area (Å²) >= 11 is 0. The topological polar surface area (TPSA) is 32.3 Å². The van der Waals surface area contributed by atoms with Crippen molar-refractivity contribution < 1.29 is 38.6 Å². The van der Waals surface area contributed by atoms with E-state index in [2.05, 4.69) is 63.5 Å². The zero-order valence-electron chi connectivity index (χ0n) is 31.5. The molecule has 4 nitrogen and oxygen atoms in total. The van der Waals surface area contributed by atoms with E-state index in [9.17, 15) is 8.78 Å². The van der Waals surface area contributed by atoms with Crippen LogP contribution in [0.25, 0.3) is 22.5 Å². The largest absolute Gasteiger partial charge is 2.00 e. The number of hydrogen-bond donors (Lipinski definition) is 0. The molecule has 0 spiro atoms. The van der Waals surface area contributed by atoms with Crippen molar-refractivity contribution in [3.63, 3.8) is 0 Å². The Labute approximate surface area is 330 Å². The Bertz CT molecular complexity index is 2090. The summed E-state index contributed by atoms with van der Waals surface area (Å²) in [5, 5.41) is 0. The molecule has 0 fully saturated rings. The Morgan fingerprint density at radius 1 is 0.481 bits per heavy atom. The summed E-state index contributed by atoms with van der Waals surface area (Å²) in [7, 11) is 0. The van der Waals surface area contributed by atoms with Gasteiger partial charge in [-0.1, -0.05) is 71.8 Å².